The van der Waals surface area contributed by atoms with Crippen molar-refractivity contribution in [3.8, 4) is 0 Å². The van der Waals surface area contributed by atoms with Crippen LogP contribution in [0.5, 0.6) is 0 Å². The number of nitrogens with one attached hydrogen (secondary N) is 1. The number of ether oxygens (including phenoxy) is 1. The molecule has 1 N–H and O–H groups in total. The number of carbonyl (C=O) groups excluding carboxylic acids is 1. The Balaban J connectivity index is 2.38. The SMILES string of the molecule is CCCCNc1ncnc2sc(C(=O)OCC)c(C)c12. The number of hydrogen-bond acceptors (Lipinski definition) is 6. The first kappa shape index (κ1) is 14.7. The molecule has 6 heteroatoms. The van der Waals surface area contributed by atoms with E-state index < -0.39 is 0 Å². The summed E-state index contributed by atoms with van der Waals surface area (Å²) in [6, 6.07) is 0. The Hall–Kier alpha value is -1.69. The molecule has 5 nitrogen and oxygen atoms in total. The molecule has 0 spiro atoms. The van der Waals surface area contributed by atoms with Crippen molar-refractivity contribution in [1.29, 1.82) is 0 Å². The van der Waals surface area contributed by atoms with Gasteiger partial charge in [0.2, 0.25) is 0 Å². The number of fused-ring (bicyclic) bond motifs is 1. The molecule has 0 fully saturated rings. The van der Waals surface area contributed by atoms with Gasteiger partial charge in [-0.3, -0.25) is 0 Å². The number of nitrogens with zero attached hydrogens (tertiary/aromatic N) is 2. The Labute approximate surface area is 122 Å². The van der Waals surface area contributed by atoms with Crippen LogP contribution in [0, 0.1) is 6.92 Å². The lowest BCUT2D eigenvalue weighted by Gasteiger charge is -2.06. The lowest BCUT2D eigenvalue weighted by molar-refractivity contribution is 0.0531. The number of esters is 1. The Morgan fingerprint density at radius 3 is 2.90 bits per heavy atom. The van der Waals surface area contributed by atoms with Crippen LogP contribution in [0.4, 0.5) is 5.82 Å². The first-order chi connectivity index (χ1) is 9.69. The van der Waals surface area contributed by atoms with Crippen molar-refractivity contribution >= 4 is 33.3 Å². The van der Waals surface area contributed by atoms with Crippen LogP contribution in [0.2, 0.25) is 0 Å². The van der Waals surface area contributed by atoms with Crippen molar-refractivity contribution in [2.45, 2.75) is 33.6 Å². The Morgan fingerprint density at radius 1 is 1.40 bits per heavy atom. The van der Waals surface area contributed by atoms with Crippen LogP contribution in [0.25, 0.3) is 10.2 Å². The van der Waals surface area contributed by atoms with Crippen molar-refractivity contribution < 1.29 is 9.53 Å². The van der Waals surface area contributed by atoms with E-state index in [1.807, 2.05) is 6.92 Å². The van der Waals surface area contributed by atoms with E-state index in [4.69, 9.17) is 4.74 Å². The average molecular weight is 293 g/mol. The number of unbranched alkanes of at least 4 members (excludes halogenated alkanes) is 1. The first-order valence-corrected chi connectivity index (χ1v) is 7.65. The fourth-order valence-electron chi connectivity index (χ4n) is 1.98. The van der Waals surface area contributed by atoms with Crippen LogP contribution < -0.4 is 5.32 Å². The summed E-state index contributed by atoms with van der Waals surface area (Å²) in [5, 5.41) is 4.24. The van der Waals surface area contributed by atoms with E-state index in [1.54, 1.807) is 6.92 Å². The molecule has 0 saturated heterocycles. The molecular weight excluding hydrogens is 274 g/mol. The number of carbonyl (C=O) groups is 1. The summed E-state index contributed by atoms with van der Waals surface area (Å²) in [6.45, 7) is 7.11. The van der Waals surface area contributed by atoms with Gasteiger partial charge in [0.25, 0.3) is 0 Å². The fourth-order valence-corrected chi connectivity index (χ4v) is 3.02. The molecule has 0 radical (unpaired) electrons. The van der Waals surface area contributed by atoms with Gasteiger partial charge >= 0.3 is 5.97 Å². The van der Waals surface area contributed by atoms with Crippen molar-refractivity contribution in [2.75, 3.05) is 18.5 Å². The average Bonchev–Trinajstić information content (AvgIpc) is 2.78. The molecule has 2 aromatic rings. The molecular formula is C14H19N3O2S. The number of aromatic nitrogens is 2. The van der Waals surface area contributed by atoms with Crippen LogP contribution in [-0.4, -0.2) is 29.1 Å². The van der Waals surface area contributed by atoms with Gasteiger partial charge in [0, 0.05) is 6.54 Å². The summed E-state index contributed by atoms with van der Waals surface area (Å²) in [4.78, 5) is 21.9. The third-order valence-electron chi connectivity index (χ3n) is 3.01. The molecule has 0 aromatic carbocycles. The van der Waals surface area contributed by atoms with Gasteiger partial charge in [0.1, 0.15) is 21.9 Å². The Bertz CT molecular complexity index is 610. The van der Waals surface area contributed by atoms with Gasteiger partial charge in [0.05, 0.1) is 12.0 Å². The monoisotopic (exact) mass is 293 g/mol. The highest BCUT2D eigenvalue weighted by Gasteiger charge is 2.19. The number of thiophene rings is 1. The maximum Gasteiger partial charge on any atom is 0.348 e. The standard InChI is InChI=1S/C14H19N3O2S/c1-4-6-7-15-12-10-9(3)11(14(18)19-5-2)20-13(10)17-8-16-12/h8H,4-7H2,1-3H3,(H,15,16,17). The van der Waals surface area contributed by atoms with Crippen molar-refractivity contribution in [3.05, 3.63) is 16.8 Å². The number of aryl methyl sites for hydroxylation is 1. The second kappa shape index (κ2) is 6.65. The minimum absolute atomic E-state index is 0.285. The molecule has 20 heavy (non-hydrogen) atoms. The highest BCUT2D eigenvalue weighted by molar-refractivity contribution is 7.20. The second-order valence-corrected chi connectivity index (χ2v) is 5.46. The largest absolute Gasteiger partial charge is 0.462 e. The molecule has 2 aromatic heterocycles. The minimum atomic E-state index is -0.285. The zero-order valence-electron chi connectivity index (χ0n) is 12.0. The topological polar surface area (TPSA) is 64.1 Å². The minimum Gasteiger partial charge on any atom is -0.462 e. The van der Waals surface area contributed by atoms with Crippen molar-refractivity contribution in [2.24, 2.45) is 0 Å². The van der Waals surface area contributed by atoms with E-state index in [0.717, 1.165) is 41.0 Å². The lowest BCUT2D eigenvalue weighted by atomic mass is 10.2. The van der Waals surface area contributed by atoms with E-state index in [2.05, 4.69) is 22.2 Å². The Kier molecular flexibility index (Phi) is 4.89. The predicted molar refractivity (Wildman–Crippen MR) is 81.5 cm³/mol. The molecule has 0 aliphatic carbocycles. The molecule has 2 heterocycles. The molecule has 0 atom stereocenters. The fraction of sp³-hybridized carbons (Fsp3) is 0.500. The zero-order valence-corrected chi connectivity index (χ0v) is 12.8. The summed E-state index contributed by atoms with van der Waals surface area (Å²) in [5.74, 6) is 0.514. The van der Waals surface area contributed by atoms with Gasteiger partial charge in [-0.05, 0) is 25.8 Å². The molecule has 0 aliphatic heterocycles. The second-order valence-electron chi connectivity index (χ2n) is 4.46. The van der Waals surface area contributed by atoms with Gasteiger partial charge < -0.3 is 10.1 Å². The molecule has 0 unspecified atom stereocenters. The van der Waals surface area contributed by atoms with E-state index in [9.17, 15) is 4.79 Å². The molecule has 2 rings (SSSR count). The lowest BCUT2D eigenvalue weighted by Crippen LogP contribution is -2.05. The normalized spacial score (nSPS) is 10.8. The smallest absolute Gasteiger partial charge is 0.348 e. The first-order valence-electron chi connectivity index (χ1n) is 6.84. The van der Waals surface area contributed by atoms with E-state index in [1.165, 1.54) is 17.7 Å². The number of hydrogen-bond donors (Lipinski definition) is 1. The van der Waals surface area contributed by atoms with E-state index >= 15 is 0 Å². The summed E-state index contributed by atoms with van der Waals surface area (Å²) in [6.07, 6.45) is 3.73. The van der Waals surface area contributed by atoms with Gasteiger partial charge in [-0.1, -0.05) is 13.3 Å². The molecule has 0 bridgehead atoms. The maximum absolute atomic E-state index is 11.9. The highest BCUT2D eigenvalue weighted by Crippen LogP contribution is 2.33. The molecule has 108 valence electrons. The van der Waals surface area contributed by atoms with E-state index in [-0.39, 0.29) is 5.97 Å². The summed E-state index contributed by atoms with van der Waals surface area (Å²) in [7, 11) is 0. The summed E-state index contributed by atoms with van der Waals surface area (Å²) >= 11 is 1.36. The van der Waals surface area contributed by atoms with Gasteiger partial charge in [0.15, 0.2) is 0 Å². The number of rotatable bonds is 6. The third-order valence-corrected chi connectivity index (χ3v) is 4.19. The van der Waals surface area contributed by atoms with Gasteiger partial charge in [-0.2, -0.15) is 0 Å². The highest BCUT2D eigenvalue weighted by atomic mass is 32.1. The van der Waals surface area contributed by atoms with Gasteiger partial charge in [-0.15, -0.1) is 11.3 Å². The maximum atomic E-state index is 11.9. The molecule has 0 amide bonds. The van der Waals surface area contributed by atoms with Crippen LogP contribution in [0.3, 0.4) is 0 Å². The third kappa shape index (κ3) is 2.90. The molecule has 0 aliphatic rings. The number of anilines is 1. The van der Waals surface area contributed by atoms with Crippen LogP contribution in [0.15, 0.2) is 6.33 Å². The van der Waals surface area contributed by atoms with Crippen LogP contribution >= 0.6 is 11.3 Å². The quantitative estimate of drug-likeness (QED) is 0.653. The molecule has 0 saturated carbocycles. The van der Waals surface area contributed by atoms with Crippen molar-refractivity contribution in [3.63, 3.8) is 0 Å². The van der Waals surface area contributed by atoms with Crippen molar-refractivity contribution in [1.82, 2.24) is 9.97 Å². The van der Waals surface area contributed by atoms with Crippen LogP contribution in [-0.2, 0) is 4.74 Å². The summed E-state index contributed by atoms with van der Waals surface area (Å²) < 4.78 is 5.08. The zero-order chi connectivity index (χ0) is 14.5. The van der Waals surface area contributed by atoms with Crippen LogP contribution in [0.1, 0.15) is 41.9 Å². The predicted octanol–water partition coefficient (Wildman–Crippen LogP) is 3.39. The van der Waals surface area contributed by atoms with Gasteiger partial charge in [-0.25, -0.2) is 14.8 Å². The summed E-state index contributed by atoms with van der Waals surface area (Å²) in [5.41, 5.74) is 0.892. The van der Waals surface area contributed by atoms with E-state index in [0.29, 0.717) is 11.5 Å². The Morgan fingerprint density at radius 2 is 2.20 bits per heavy atom.